The molecule has 28 heavy (non-hydrogen) atoms. The zero-order valence-corrected chi connectivity index (χ0v) is 14.3. The van der Waals surface area contributed by atoms with Crippen LogP contribution in [0, 0.1) is 15.9 Å². The minimum Gasteiger partial charge on any atom is -0.550 e. The number of aliphatic carboxylic acids is 1. The summed E-state index contributed by atoms with van der Waals surface area (Å²) in [6, 6.07) is 10.3. The third-order valence-electron chi connectivity index (χ3n) is 4.14. The topological polar surface area (TPSA) is 134 Å². The molecule has 1 heterocycles. The highest BCUT2D eigenvalue weighted by Crippen LogP contribution is 2.32. The molecule has 1 amide bonds. The summed E-state index contributed by atoms with van der Waals surface area (Å²) in [7, 11) is 0. The van der Waals surface area contributed by atoms with E-state index in [-0.39, 0.29) is 23.5 Å². The molecule has 2 aromatic rings. The summed E-state index contributed by atoms with van der Waals surface area (Å²) in [5.74, 6) is -2.80. The molecule has 0 bridgehead atoms. The Balaban J connectivity index is 1.81. The van der Waals surface area contributed by atoms with Gasteiger partial charge in [-0.05, 0) is 42.0 Å². The first kappa shape index (κ1) is 19.0. The lowest BCUT2D eigenvalue weighted by atomic mass is 9.90. The molecular formula is C18H13FN3O6-. The minimum absolute atomic E-state index is 0.127. The average Bonchev–Trinajstić information content (AvgIpc) is 3.08. The lowest BCUT2D eigenvalue weighted by molar-refractivity contribution is -0.384. The number of halogens is 1. The zero-order chi connectivity index (χ0) is 20.3. The van der Waals surface area contributed by atoms with Crippen molar-refractivity contribution in [2.45, 2.75) is 18.4 Å². The molecule has 0 aromatic heterocycles. The third kappa shape index (κ3) is 3.95. The van der Waals surface area contributed by atoms with Crippen LogP contribution in [-0.4, -0.2) is 28.1 Å². The fourth-order valence-electron chi connectivity index (χ4n) is 2.72. The number of nitrogens with zero attached hydrogens (tertiary/aromatic N) is 2. The maximum absolute atomic E-state index is 13.0. The molecule has 0 spiro atoms. The molecule has 144 valence electrons. The molecule has 3 rings (SSSR count). The Morgan fingerprint density at radius 2 is 1.82 bits per heavy atom. The Kier molecular flexibility index (Phi) is 5.03. The molecule has 1 N–H and O–H groups in total. The van der Waals surface area contributed by atoms with Crippen LogP contribution >= 0.6 is 0 Å². The van der Waals surface area contributed by atoms with Crippen LogP contribution in [0.15, 0.2) is 53.7 Å². The van der Waals surface area contributed by atoms with Crippen LogP contribution < -0.4 is 10.4 Å². The lowest BCUT2D eigenvalue weighted by Gasteiger charge is -2.25. The summed E-state index contributed by atoms with van der Waals surface area (Å²) < 4.78 is 13.0. The van der Waals surface area contributed by atoms with Crippen LogP contribution in [0.3, 0.4) is 0 Å². The van der Waals surface area contributed by atoms with E-state index < -0.39 is 34.6 Å². The fourth-order valence-corrected chi connectivity index (χ4v) is 2.72. The predicted octanol–water partition coefficient (Wildman–Crippen LogP) is 1.38. The van der Waals surface area contributed by atoms with Crippen molar-refractivity contribution in [3.05, 3.63) is 70.0 Å². The van der Waals surface area contributed by atoms with Crippen LogP contribution in [0.25, 0.3) is 0 Å². The Morgan fingerprint density at radius 1 is 1.18 bits per heavy atom. The van der Waals surface area contributed by atoms with Crippen molar-refractivity contribution in [2.24, 2.45) is 5.16 Å². The molecule has 0 unspecified atom stereocenters. The molecule has 0 fully saturated rings. The van der Waals surface area contributed by atoms with Gasteiger partial charge in [-0.3, -0.25) is 14.9 Å². The number of carboxylic acid groups (broad SMARTS) is 1. The van der Waals surface area contributed by atoms with E-state index in [1.165, 1.54) is 36.4 Å². The van der Waals surface area contributed by atoms with Crippen LogP contribution in [0.4, 0.5) is 15.8 Å². The number of nitrogens with one attached hydrogen (secondary N) is 1. The quantitative estimate of drug-likeness (QED) is 0.589. The van der Waals surface area contributed by atoms with E-state index in [4.69, 9.17) is 4.84 Å². The Labute approximate surface area is 157 Å². The van der Waals surface area contributed by atoms with Crippen molar-refractivity contribution >= 4 is 29.0 Å². The second-order valence-corrected chi connectivity index (χ2v) is 6.11. The number of carbonyl (C=O) groups is 2. The van der Waals surface area contributed by atoms with Gasteiger partial charge < -0.3 is 20.1 Å². The molecule has 2 aromatic carbocycles. The summed E-state index contributed by atoms with van der Waals surface area (Å²) in [4.78, 5) is 39.3. The number of amides is 1. The van der Waals surface area contributed by atoms with Crippen LogP contribution in [0.1, 0.15) is 18.4 Å². The van der Waals surface area contributed by atoms with Crippen molar-refractivity contribution in [2.75, 3.05) is 5.32 Å². The van der Waals surface area contributed by atoms with Crippen molar-refractivity contribution in [1.29, 1.82) is 0 Å². The van der Waals surface area contributed by atoms with Gasteiger partial charge in [-0.2, -0.15) is 0 Å². The fraction of sp³-hybridized carbons (Fsp3) is 0.167. The first-order chi connectivity index (χ1) is 13.3. The van der Waals surface area contributed by atoms with Crippen molar-refractivity contribution < 1.29 is 28.8 Å². The van der Waals surface area contributed by atoms with E-state index in [2.05, 4.69) is 10.5 Å². The maximum Gasteiger partial charge on any atom is 0.272 e. The predicted molar refractivity (Wildman–Crippen MR) is 92.7 cm³/mol. The number of non-ortho nitro benzene ring substituents is 1. The van der Waals surface area contributed by atoms with Crippen LogP contribution in [-0.2, 0) is 14.4 Å². The maximum atomic E-state index is 13.0. The molecule has 1 atom stereocenters. The van der Waals surface area contributed by atoms with Crippen molar-refractivity contribution in [3.63, 3.8) is 0 Å². The highest BCUT2D eigenvalue weighted by molar-refractivity contribution is 6.09. The number of carbonyl (C=O) groups excluding carboxylic acids is 2. The Hall–Kier alpha value is -3.82. The molecule has 0 radical (unpaired) electrons. The molecule has 0 saturated heterocycles. The van der Waals surface area contributed by atoms with Gasteiger partial charge in [-0.15, -0.1) is 0 Å². The molecule has 1 aliphatic heterocycles. The molecule has 1 aliphatic rings. The summed E-state index contributed by atoms with van der Waals surface area (Å²) in [6.07, 6.45) is -0.953. The van der Waals surface area contributed by atoms with Gasteiger partial charge in [-0.25, -0.2) is 4.39 Å². The van der Waals surface area contributed by atoms with Gasteiger partial charge in [0.1, 0.15) is 5.82 Å². The average molecular weight is 386 g/mol. The number of nitro groups is 1. The zero-order valence-electron chi connectivity index (χ0n) is 14.3. The van der Waals surface area contributed by atoms with Gasteiger partial charge in [-0.1, -0.05) is 5.16 Å². The van der Waals surface area contributed by atoms with Gasteiger partial charge in [0.2, 0.25) is 5.60 Å². The molecule has 0 saturated carbocycles. The first-order valence-electron chi connectivity index (χ1n) is 8.06. The smallest absolute Gasteiger partial charge is 0.272 e. The number of carboxylic acids is 1. The Morgan fingerprint density at radius 3 is 2.39 bits per heavy atom. The van der Waals surface area contributed by atoms with Crippen LogP contribution in [0.5, 0.6) is 0 Å². The Bertz CT molecular complexity index is 958. The summed E-state index contributed by atoms with van der Waals surface area (Å²) in [5, 5.41) is 28.2. The number of rotatable bonds is 6. The van der Waals surface area contributed by atoms with Crippen molar-refractivity contribution in [3.8, 4) is 0 Å². The first-order valence-corrected chi connectivity index (χ1v) is 8.06. The van der Waals surface area contributed by atoms with E-state index in [1.807, 2.05) is 0 Å². The third-order valence-corrected chi connectivity index (χ3v) is 4.14. The largest absolute Gasteiger partial charge is 0.550 e. The molecule has 9 nitrogen and oxygen atoms in total. The van der Waals surface area contributed by atoms with E-state index in [1.54, 1.807) is 0 Å². The van der Waals surface area contributed by atoms with Gasteiger partial charge in [0.05, 0.1) is 10.6 Å². The van der Waals surface area contributed by atoms with Gasteiger partial charge >= 0.3 is 0 Å². The number of benzene rings is 2. The second-order valence-electron chi connectivity index (χ2n) is 6.11. The monoisotopic (exact) mass is 386 g/mol. The second kappa shape index (κ2) is 7.43. The standard InChI is InChI=1S/C18H14FN3O6/c19-12-3-5-13(6-4-12)20-17(25)18(10-16(23)24)9-15(21-28-18)11-1-7-14(8-2-11)22(26)27/h1-8H,9-10H2,(H,20,25)(H,23,24)/p-1/t18-/m0/s1. The molecule has 10 heteroatoms. The number of hydrogen-bond acceptors (Lipinski definition) is 7. The van der Waals surface area contributed by atoms with E-state index in [0.717, 1.165) is 12.1 Å². The summed E-state index contributed by atoms with van der Waals surface area (Å²) >= 11 is 0. The molecule has 0 aliphatic carbocycles. The number of nitro benzene ring substituents is 1. The highest BCUT2D eigenvalue weighted by atomic mass is 19.1. The van der Waals surface area contributed by atoms with Crippen LogP contribution in [0.2, 0.25) is 0 Å². The number of oxime groups is 1. The van der Waals surface area contributed by atoms with Crippen molar-refractivity contribution in [1.82, 2.24) is 0 Å². The normalized spacial score (nSPS) is 18.1. The van der Waals surface area contributed by atoms with E-state index in [9.17, 15) is 29.2 Å². The van der Waals surface area contributed by atoms with Gasteiger partial charge in [0, 0.05) is 36.6 Å². The van der Waals surface area contributed by atoms with Gasteiger partial charge in [0.25, 0.3) is 11.6 Å². The lowest BCUT2D eigenvalue weighted by Crippen LogP contribution is -2.47. The number of hydrogen-bond donors (Lipinski definition) is 1. The highest BCUT2D eigenvalue weighted by Gasteiger charge is 2.47. The minimum atomic E-state index is -1.86. The summed E-state index contributed by atoms with van der Waals surface area (Å²) in [5.41, 5.74) is -1.04. The van der Waals surface area contributed by atoms with Gasteiger partial charge in [0.15, 0.2) is 0 Å². The number of anilines is 1. The molecular weight excluding hydrogens is 373 g/mol. The van der Waals surface area contributed by atoms with E-state index >= 15 is 0 Å². The van der Waals surface area contributed by atoms with E-state index in [0.29, 0.717) is 5.56 Å². The summed E-state index contributed by atoms with van der Waals surface area (Å²) in [6.45, 7) is 0. The SMILES string of the molecule is O=C([O-])C[C@]1(C(=O)Nc2ccc(F)cc2)CC(c2ccc([N+](=O)[O-])cc2)=NO1.